The van der Waals surface area contributed by atoms with Gasteiger partial charge in [-0.3, -0.25) is 9.80 Å². The van der Waals surface area contributed by atoms with Gasteiger partial charge in [-0.1, -0.05) is 30.4 Å². The average Bonchev–Trinajstić information content (AvgIpc) is 2.79. The lowest BCUT2D eigenvalue weighted by atomic mass is 10.2. The van der Waals surface area contributed by atoms with Crippen LogP contribution in [0.5, 0.6) is 0 Å². The number of amides is 1. The molecule has 1 aromatic carbocycles. The van der Waals surface area contributed by atoms with E-state index in [-0.39, 0.29) is 5.91 Å². The van der Waals surface area contributed by atoms with Crippen LogP contribution in [-0.4, -0.2) is 64.8 Å². The molecule has 4 rings (SSSR count). The summed E-state index contributed by atoms with van der Waals surface area (Å²) in [6.45, 7) is 5.93. The van der Waals surface area contributed by atoms with Gasteiger partial charge in [-0.05, 0) is 30.3 Å². The van der Waals surface area contributed by atoms with E-state index in [0.717, 1.165) is 55.3 Å². The number of fused-ring (bicyclic) bond motifs is 1. The van der Waals surface area contributed by atoms with Crippen molar-refractivity contribution >= 4 is 45.1 Å². The first-order chi connectivity index (χ1) is 12.2. The summed E-state index contributed by atoms with van der Waals surface area (Å²) in [5, 5.41) is 5.01. The second kappa shape index (κ2) is 7.31. The molecule has 0 saturated carbocycles. The third-order valence-corrected chi connectivity index (χ3v) is 6.18. The molecule has 1 aromatic rings. The molecule has 0 radical (unpaired) electrons. The summed E-state index contributed by atoms with van der Waals surface area (Å²) in [6, 6.07) is 10.6. The number of thiocarbonyl (C=S) groups is 1. The summed E-state index contributed by atoms with van der Waals surface area (Å²) in [4.78, 5) is 19.9. The fourth-order valence-electron chi connectivity index (χ4n) is 3.46. The zero-order chi connectivity index (χ0) is 17.2. The van der Waals surface area contributed by atoms with Crippen molar-refractivity contribution in [3.8, 4) is 0 Å². The number of thioether (sulfide) groups is 1. The number of nitrogens with zero attached hydrogens (tertiary/aromatic N) is 4. The first kappa shape index (κ1) is 16.8. The number of amidine groups is 1. The third kappa shape index (κ3) is 3.65. The summed E-state index contributed by atoms with van der Waals surface area (Å²) in [5.74, 6) is -0.0292. The number of carbonyl (C=O) groups excluding carboxylic acids is 1. The highest BCUT2D eigenvalue weighted by atomic mass is 32.2. The van der Waals surface area contributed by atoms with Gasteiger partial charge in [0, 0.05) is 18.7 Å². The Morgan fingerprint density at radius 3 is 2.68 bits per heavy atom. The first-order valence-electron chi connectivity index (χ1n) is 8.72. The van der Waals surface area contributed by atoms with Gasteiger partial charge < -0.3 is 9.80 Å². The highest BCUT2D eigenvalue weighted by molar-refractivity contribution is 8.33. The van der Waals surface area contributed by atoms with Crippen LogP contribution >= 0.6 is 24.0 Å². The van der Waals surface area contributed by atoms with Crippen molar-refractivity contribution in [1.29, 1.82) is 0 Å². The number of hydrogen-bond acceptors (Lipinski definition) is 5. The molecule has 0 aromatic heterocycles. The topological polar surface area (TPSA) is 43.6 Å². The molecule has 3 aliphatic rings. The third-order valence-electron chi connectivity index (χ3n) is 4.85. The number of anilines is 1. The lowest BCUT2D eigenvalue weighted by molar-refractivity contribution is -0.911. The van der Waals surface area contributed by atoms with Crippen LogP contribution in [0.2, 0.25) is 0 Å². The Morgan fingerprint density at radius 2 is 1.92 bits per heavy atom. The van der Waals surface area contributed by atoms with E-state index in [0.29, 0.717) is 6.42 Å². The molecule has 8 heteroatoms. The standard InChI is InChI=1S/C17H21N5OS2/c23-15-7-4-8-21-16(18-15)25-17(24)22(21)13-19-9-11-20(12-10-19)14-5-2-1-3-6-14/h1-3,5-6H,4,7-13H2/p+1. The van der Waals surface area contributed by atoms with E-state index in [2.05, 4.69) is 50.2 Å². The van der Waals surface area contributed by atoms with Crippen LogP contribution in [0.3, 0.4) is 0 Å². The smallest absolute Gasteiger partial charge is 0.248 e. The van der Waals surface area contributed by atoms with Crippen LogP contribution in [0.1, 0.15) is 12.8 Å². The van der Waals surface area contributed by atoms with Crippen molar-refractivity contribution in [1.82, 2.24) is 10.0 Å². The number of benzene rings is 1. The number of aliphatic imine (C=N–C) groups is 1. The molecule has 0 spiro atoms. The number of quaternary nitrogens is 1. The van der Waals surface area contributed by atoms with Crippen molar-refractivity contribution in [2.45, 2.75) is 12.8 Å². The fourth-order valence-corrected chi connectivity index (χ4v) is 4.72. The lowest BCUT2D eigenvalue weighted by Crippen LogP contribution is -3.16. The molecule has 0 bridgehead atoms. The largest absolute Gasteiger partial charge is 0.360 e. The first-order valence-corrected chi connectivity index (χ1v) is 9.95. The summed E-state index contributed by atoms with van der Waals surface area (Å²) < 4.78 is 0.812. The van der Waals surface area contributed by atoms with Crippen LogP contribution in [-0.2, 0) is 4.79 Å². The summed E-state index contributed by atoms with van der Waals surface area (Å²) in [5.41, 5.74) is 1.30. The molecule has 3 aliphatic heterocycles. The average molecular weight is 377 g/mol. The monoisotopic (exact) mass is 376 g/mol. The zero-order valence-electron chi connectivity index (χ0n) is 14.1. The molecule has 25 heavy (non-hydrogen) atoms. The highest BCUT2D eigenvalue weighted by Crippen LogP contribution is 2.27. The normalized spacial score (nSPS) is 22.1. The van der Waals surface area contributed by atoms with E-state index in [1.54, 1.807) is 0 Å². The SMILES string of the molecule is O=C1CCCN2C(=N1)SC(=S)N2C[NH+]1CCN(c2ccccc2)CC1. The molecule has 0 atom stereocenters. The summed E-state index contributed by atoms with van der Waals surface area (Å²) in [7, 11) is 0. The van der Waals surface area contributed by atoms with E-state index >= 15 is 0 Å². The van der Waals surface area contributed by atoms with Crippen LogP contribution in [0.25, 0.3) is 0 Å². The highest BCUT2D eigenvalue weighted by Gasteiger charge is 2.37. The van der Waals surface area contributed by atoms with Crippen molar-refractivity contribution in [2.24, 2.45) is 4.99 Å². The molecule has 1 N–H and O–H groups in total. The Bertz CT molecular complexity index is 688. The number of para-hydroxylation sites is 1. The number of hydrogen-bond donors (Lipinski definition) is 1. The zero-order valence-corrected chi connectivity index (χ0v) is 15.7. The van der Waals surface area contributed by atoms with Gasteiger partial charge >= 0.3 is 0 Å². The van der Waals surface area contributed by atoms with E-state index in [4.69, 9.17) is 12.2 Å². The minimum Gasteiger partial charge on any atom is -0.360 e. The lowest BCUT2D eigenvalue weighted by Gasteiger charge is -2.37. The Balaban J connectivity index is 1.37. The van der Waals surface area contributed by atoms with Crippen LogP contribution in [0.15, 0.2) is 35.3 Å². The molecular formula is C17H22N5OS2+. The predicted octanol–water partition coefficient (Wildman–Crippen LogP) is 0.576. The van der Waals surface area contributed by atoms with Crippen molar-refractivity contribution in [3.63, 3.8) is 0 Å². The molecule has 6 nitrogen and oxygen atoms in total. The molecule has 2 fully saturated rings. The van der Waals surface area contributed by atoms with Crippen LogP contribution in [0, 0.1) is 0 Å². The van der Waals surface area contributed by atoms with Gasteiger partial charge in [0.05, 0.1) is 26.2 Å². The maximum atomic E-state index is 11.7. The molecule has 0 aliphatic carbocycles. The quantitative estimate of drug-likeness (QED) is 0.779. The number of carbonyl (C=O) groups is 1. The van der Waals surface area contributed by atoms with Gasteiger partial charge in [0.1, 0.15) is 0 Å². The minimum absolute atomic E-state index is 0.0292. The van der Waals surface area contributed by atoms with Gasteiger partial charge in [-0.25, -0.2) is 5.01 Å². The number of piperazine rings is 1. The molecule has 3 heterocycles. The van der Waals surface area contributed by atoms with Gasteiger partial charge in [0.15, 0.2) is 16.2 Å². The van der Waals surface area contributed by atoms with Crippen LogP contribution in [0.4, 0.5) is 5.69 Å². The van der Waals surface area contributed by atoms with E-state index in [1.807, 2.05) is 0 Å². The molecule has 1 amide bonds. The predicted molar refractivity (Wildman–Crippen MR) is 105 cm³/mol. The van der Waals surface area contributed by atoms with Crippen molar-refractivity contribution in [3.05, 3.63) is 30.3 Å². The molecule has 132 valence electrons. The minimum atomic E-state index is -0.0292. The fraction of sp³-hybridized carbons (Fsp3) is 0.471. The van der Waals surface area contributed by atoms with Crippen molar-refractivity contribution in [2.75, 3.05) is 44.3 Å². The second-order valence-corrected chi connectivity index (χ2v) is 8.11. The Labute approximate surface area is 157 Å². The van der Waals surface area contributed by atoms with Gasteiger partial charge in [0.2, 0.25) is 5.91 Å². The van der Waals surface area contributed by atoms with E-state index in [9.17, 15) is 4.79 Å². The number of nitrogens with one attached hydrogen (secondary N) is 1. The number of hydrazine groups is 1. The van der Waals surface area contributed by atoms with Crippen LogP contribution < -0.4 is 9.80 Å². The van der Waals surface area contributed by atoms with Gasteiger partial charge in [-0.2, -0.15) is 4.99 Å². The van der Waals surface area contributed by atoms with Gasteiger partial charge in [0.25, 0.3) is 0 Å². The van der Waals surface area contributed by atoms with E-state index in [1.165, 1.54) is 22.3 Å². The summed E-state index contributed by atoms with van der Waals surface area (Å²) >= 11 is 6.99. The second-order valence-electron chi connectivity index (χ2n) is 6.51. The Kier molecular flexibility index (Phi) is 4.91. The van der Waals surface area contributed by atoms with Crippen molar-refractivity contribution < 1.29 is 9.69 Å². The summed E-state index contributed by atoms with van der Waals surface area (Å²) in [6.07, 6.45) is 1.37. The molecular weight excluding hydrogens is 354 g/mol. The van der Waals surface area contributed by atoms with Gasteiger partial charge in [-0.15, -0.1) is 0 Å². The molecule has 0 unspecified atom stereocenters. The number of rotatable bonds is 3. The maximum absolute atomic E-state index is 11.7. The maximum Gasteiger partial charge on any atom is 0.248 e. The Morgan fingerprint density at radius 1 is 1.16 bits per heavy atom. The Hall–Kier alpha value is -1.64. The molecule has 2 saturated heterocycles. The van der Waals surface area contributed by atoms with E-state index < -0.39 is 0 Å².